The van der Waals surface area contributed by atoms with E-state index in [1.165, 1.54) is 11.6 Å². The van der Waals surface area contributed by atoms with Crippen LogP contribution in [0.1, 0.15) is 19.6 Å². The Morgan fingerprint density at radius 1 is 1.25 bits per heavy atom. The molecule has 0 aliphatic heterocycles. The van der Waals surface area contributed by atoms with Crippen LogP contribution < -0.4 is 5.32 Å². The molecular weight excluding hydrogens is 253 g/mol. The Hall–Kier alpha value is -1.87. The molecule has 0 bridgehead atoms. The van der Waals surface area contributed by atoms with Crippen molar-refractivity contribution in [2.75, 3.05) is 13.6 Å². The van der Waals surface area contributed by atoms with Crippen LogP contribution in [0.5, 0.6) is 0 Å². The molecule has 0 aliphatic carbocycles. The summed E-state index contributed by atoms with van der Waals surface area (Å²) >= 11 is 0. The fourth-order valence-electron chi connectivity index (χ4n) is 2.04. The zero-order chi connectivity index (χ0) is 14.5. The second kappa shape index (κ2) is 6.53. The fraction of sp³-hybridized carbons (Fsp3) is 0.294. The number of halogens is 1. The van der Waals surface area contributed by atoms with E-state index in [1.807, 2.05) is 25.3 Å². The third-order valence-electron chi connectivity index (χ3n) is 3.22. The number of furan rings is 1. The quantitative estimate of drug-likeness (QED) is 0.876. The minimum absolute atomic E-state index is 0.267. The lowest BCUT2D eigenvalue weighted by molar-refractivity contribution is 0.559. The molecule has 2 nitrogen and oxygen atoms in total. The van der Waals surface area contributed by atoms with Gasteiger partial charge in [0.25, 0.3) is 0 Å². The van der Waals surface area contributed by atoms with E-state index in [0.29, 0.717) is 17.2 Å². The van der Waals surface area contributed by atoms with Gasteiger partial charge in [-0.1, -0.05) is 31.6 Å². The third kappa shape index (κ3) is 3.36. The van der Waals surface area contributed by atoms with Gasteiger partial charge in [-0.05, 0) is 43.3 Å². The molecule has 1 heterocycles. The summed E-state index contributed by atoms with van der Waals surface area (Å²) in [6.07, 6.45) is 2.02. The summed E-state index contributed by atoms with van der Waals surface area (Å²) in [6.45, 7) is 5.10. The van der Waals surface area contributed by atoms with Crippen LogP contribution in [0.25, 0.3) is 17.4 Å². The first-order valence-electron chi connectivity index (χ1n) is 6.81. The molecule has 2 aromatic rings. The Morgan fingerprint density at radius 3 is 2.65 bits per heavy atom. The van der Waals surface area contributed by atoms with E-state index >= 15 is 0 Å². The molecule has 1 N–H and O–H groups in total. The molecule has 0 radical (unpaired) electrons. The van der Waals surface area contributed by atoms with Crippen LogP contribution in [0.4, 0.5) is 4.39 Å². The van der Waals surface area contributed by atoms with Crippen molar-refractivity contribution in [3.63, 3.8) is 0 Å². The molecule has 106 valence electrons. The molecule has 2 rings (SSSR count). The highest BCUT2D eigenvalue weighted by molar-refractivity contribution is 5.61. The minimum atomic E-state index is -0.267. The number of nitrogens with one attached hydrogen (secondary N) is 1. The van der Waals surface area contributed by atoms with Gasteiger partial charge in [0, 0.05) is 6.54 Å². The Kier molecular flexibility index (Phi) is 4.74. The van der Waals surface area contributed by atoms with Gasteiger partial charge in [0.2, 0.25) is 0 Å². The zero-order valence-corrected chi connectivity index (χ0v) is 12.1. The Bertz CT molecular complexity index is 599. The predicted molar refractivity (Wildman–Crippen MR) is 80.8 cm³/mol. The van der Waals surface area contributed by atoms with Crippen LogP contribution in [0, 0.1) is 11.7 Å². The molecule has 0 fully saturated rings. The van der Waals surface area contributed by atoms with Crippen molar-refractivity contribution in [2.45, 2.75) is 13.8 Å². The summed E-state index contributed by atoms with van der Waals surface area (Å²) < 4.78 is 19.4. The highest BCUT2D eigenvalue weighted by Crippen LogP contribution is 2.26. The summed E-state index contributed by atoms with van der Waals surface area (Å²) in [4.78, 5) is 0. The number of hydrogen-bond acceptors (Lipinski definition) is 2. The molecular formula is C17H20FNO. The minimum Gasteiger partial charge on any atom is -0.457 e. The summed E-state index contributed by atoms with van der Waals surface area (Å²) in [5, 5.41) is 3.15. The van der Waals surface area contributed by atoms with Crippen LogP contribution in [-0.4, -0.2) is 13.6 Å². The van der Waals surface area contributed by atoms with Gasteiger partial charge in [-0.2, -0.15) is 0 Å². The number of hydrogen-bond donors (Lipinski definition) is 1. The molecule has 0 unspecified atom stereocenters. The van der Waals surface area contributed by atoms with E-state index in [0.717, 1.165) is 12.3 Å². The Balaban J connectivity index is 2.29. The maximum absolute atomic E-state index is 13.7. The molecule has 1 aromatic carbocycles. The second-order valence-electron chi connectivity index (χ2n) is 5.09. The van der Waals surface area contributed by atoms with Crippen molar-refractivity contribution in [1.29, 1.82) is 0 Å². The molecule has 0 aliphatic rings. The van der Waals surface area contributed by atoms with Crippen LogP contribution in [0.2, 0.25) is 0 Å². The average molecular weight is 273 g/mol. The lowest BCUT2D eigenvalue weighted by Crippen LogP contribution is -2.13. The first-order chi connectivity index (χ1) is 9.61. The number of likely N-dealkylation sites (N-methyl/N-ethyl adjacent to an activating group) is 1. The van der Waals surface area contributed by atoms with Gasteiger partial charge in [-0.15, -0.1) is 0 Å². The van der Waals surface area contributed by atoms with Crippen molar-refractivity contribution >= 4 is 6.08 Å². The van der Waals surface area contributed by atoms with Gasteiger partial charge in [-0.25, -0.2) is 4.39 Å². The first-order valence-corrected chi connectivity index (χ1v) is 6.81. The van der Waals surface area contributed by atoms with Crippen molar-refractivity contribution in [2.24, 2.45) is 5.92 Å². The average Bonchev–Trinajstić information content (AvgIpc) is 2.87. The van der Waals surface area contributed by atoms with E-state index in [9.17, 15) is 4.39 Å². The van der Waals surface area contributed by atoms with Crippen molar-refractivity contribution in [1.82, 2.24) is 5.32 Å². The van der Waals surface area contributed by atoms with Crippen molar-refractivity contribution < 1.29 is 8.81 Å². The molecule has 20 heavy (non-hydrogen) atoms. The zero-order valence-electron chi connectivity index (χ0n) is 12.1. The molecule has 3 heteroatoms. The van der Waals surface area contributed by atoms with E-state index in [-0.39, 0.29) is 5.82 Å². The molecule has 0 saturated carbocycles. The maximum Gasteiger partial charge on any atom is 0.137 e. The fourth-order valence-corrected chi connectivity index (χ4v) is 2.04. The summed E-state index contributed by atoms with van der Waals surface area (Å²) in [5.74, 6) is 1.48. The molecule has 0 spiro atoms. The second-order valence-corrected chi connectivity index (χ2v) is 5.09. The molecule has 0 atom stereocenters. The predicted octanol–water partition coefficient (Wildman–Crippen LogP) is 4.34. The lowest BCUT2D eigenvalue weighted by Gasteiger charge is -2.09. The Labute approximate surface area is 119 Å². The topological polar surface area (TPSA) is 25.2 Å². The highest BCUT2D eigenvalue weighted by Gasteiger charge is 2.09. The van der Waals surface area contributed by atoms with Gasteiger partial charge in [0.1, 0.15) is 17.3 Å². The standard InChI is InChI=1S/C17H20FNO/c1-12(2)13(11-19-3)10-14-8-9-17(20-14)15-6-4-5-7-16(15)18/h4-10,12,19H,11H2,1-3H3. The van der Waals surface area contributed by atoms with Gasteiger partial charge in [0.05, 0.1) is 5.56 Å². The summed E-state index contributed by atoms with van der Waals surface area (Å²) in [5.41, 5.74) is 1.74. The van der Waals surface area contributed by atoms with E-state index in [1.54, 1.807) is 18.2 Å². The third-order valence-corrected chi connectivity index (χ3v) is 3.22. The SMILES string of the molecule is CNCC(=Cc1ccc(-c2ccccc2F)o1)C(C)C. The van der Waals surface area contributed by atoms with E-state index in [4.69, 9.17) is 4.42 Å². The van der Waals surface area contributed by atoms with Gasteiger partial charge in [-0.3, -0.25) is 0 Å². The van der Waals surface area contributed by atoms with Crippen LogP contribution in [-0.2, 0) is 0 Å². The van der Waals surface area contributed by atoms with Crippen molar-refractivity contribution in [3.8, 4) is 11.3 Å². The first kappa shape index (κ1) is 14.5. The van der Waals surface area contributed by atoms with Crippen LogP contribution in [0.3, 0.4) is 0 Å². The summed E-state index contributed by atoms with van der Waals surface area (Å²) in [7, 11) is 1.92. The number of benzene rings is 1. The van der Waals surface area contributed by atoms with Gasteiger partial charge in [0.15, 0.2) is 0 Å². The van der Waals surface area contributed by atoms with Gasteiger partial charge < -0.3 is 9.73 Å². The normalized spacial score (nSPS) is 12.2. The van der Waals surface area contributed by atoms with Crippen molar-refractivity contribution in [3.05, 3.63) is 53.5 Å². The van der Waals surface area contributed by atoms with Crippen LogP contribution >= 0.6 is 0 Å². The highest BCUT2D eigenvalue weighted by atomic mass is 19.1. The molecule has 1 aromatic heterocycles. The number of rotatable bonds is 5. The summed E-state index contributed by atoms with van der Waals surface area (Å²) in [6, 6.07) is 10.3. The maximum atomic E-state index is 13.7. The molecule has 0 amide bonds. The van der Waals surface area contributed by atoms with E-state index in [2.05, 4.69) is 19.2 Å². The van der Waals surface area contributed by atoms with Crippen LogP contribution in [0.15, 0.2) is 46.4 Å². The lowest BCUT2D eigenvalue weighted by atomic mass is 10.0. The van der Waals surface area contributed by atoms with E-state index < -0.39 is 0 Å². The largest absolute Gasteiger partial charge is 0.457 e. The molecule has 0 saturated heterocycles. The monoisotopic (exact) mass is 273 g/mol. The smallest absolute Gasteiger partial charge is 0.137 e. The van der Waals surface area contributed by atoms with Gasteiger partial charge >= 0.3 is 0 Å². The Morgan fingerprint density at radius 2 is 2.00 bits per heavy atom.